The quantitative estimate of drug-likeness (QED) is 0.915. The Morgan fingerprint density at radius 2 is 1.95 bits per heavy atom. The van der Waals surface area contributed by atoms with Gasteiger partial charge < -0.3 is 10.0 Å². The van der Waals surface area contributed by atoms with Crippen LogP contribution in [-0.2, 0) is 6.54 Å². The molecule has 0 bridgehead atoms. The van der Waals surface area contributed by atoms with Gasteiger partial charge >= 0.3 is 5.97 Å². The molecule has 110 valence electrons. The van der Waals surface area contributed by atoms with Crippen LogP contribution in [0.4, 0.5) is 5.95 Å². The molecule has 0 aliphatic rings. The lowest BCUT2D eigenvalue weighted by Gasteiger charge is -2.27. The molecule has 5 nitrogen and oxygen atoms in total. The van der Waals surface area contributed by atoms with Crippen LogP contribution in [0.25, 0.3) is 0 Å². The minimum atomic E-state index is -1.00. The maximum Gasteiger partial charge on any atom is 0.339 e. The zero-order valence-corrected chi connectivity index (χ0v) is 12.4. The summed E-state index contributed by atoms with van der Waals surface area (Å²) >= 11 is 0. The smallest absolute Gasteiger partial charge is 0.339 e. The summed E-state index contributed by atoms with van der Waals surface area (Å²) in [5.41, 5.74) is 1.78. The Hall–Kier alpha value is -2.43. The molecule has 1 N–H and O–H groups in total. The van der Waals surface area contributed by atoms with Crippen molar-refractivity contribution in [1.29, 1.82) is 0 Å². The van der Waals surface area contributed by atoms with Crippen LogP contribution < -0.4 is 4.90 Å². The zero-order valence-electron chi connectivity index (χ0n) is 12.4. The van der Waals surface area contributed by atoms with Crippen molar-refractivity contribution in [1.82, 2.24) is 9.97 Å². The van der Waals surface area contributed by atoms with Crippen LogP contribution >= 0.6 is 0 Å². The van der Waals surface area contributed by atoms with Gasteiger partial charge in [-0.2, -0.15) is 0 Å². The number of hydrogen-bond donors (Lipinski definition) is 1. The molecule has 1 aromatic carbocycles. The molecule has 5 heteroatoms. The SMILES string of the molecule is Cc1nc(N(Cc2ccccc2)C(C)C)ncc1C(=O)O. The lowest BCUT2D eigenvalue weighted by atomic mass is 10.2. The van der Waals surface area contributed by atoms with Crippen LogP contribution in [0.2, 0.25) is 0 Å². The number of rotatable bonds is 5. The number of carboxylic acid groups (broad SMARTS) is 1. The van der Waals surface area contributed by atoms with E-state index in [2.05, 4.69) is 23.8 Å². The normalized spacial score (nSPS) is 10.7. The second kappa shape index (κ2) is 6.35. The topological polar surface area (TPSA) is 66.3 Å². The molecule has 0 spiro atoms. The van der Waals surface area contributed by atoms with Crippen molar-refractivity contribution < 1.29 is 9.90 Å². The lowest BCUT2D eigenvalue weighted by Crippen LogP contribution is -2.32. The molecule has 0 saturated heterocycles. The second-order valence-corrected chi connectivity index (χ2v) is 5.18. The summed E-state index contributed by atoms with van der Waals surface area (Å²) in [6, 6.07) is 10.3. The Morgan fingerprint density at radius 3 is 2.48 bits per heavy atom. The first-order valence-electron chi connectivity index (χ1n) is 6.86. The first kappa shape index (κ1) is 15.0. The lowest BCUT2D eigenvalue weighted by molar-refractivity contribution is 0.0695. The summed E-state index contributed by atoms with van der Waals surface area (Å²) in [5, 5.41) is 9.05. The van der Waals surface area contributed by atoms with Gasteiger partial charge in [0.25, 0.3) is 0 Å². The van der Waals surface area contributed by atoms with Gasteiger partial charge in [-0.1, -0.05) is 30.3 Å². The molecule has 2 aromatic rings. The zero-order chi connectivity index (χ0) is 15.4. The largest absolute Gasteiger partial charge is 0.478 e. The van der Waals surface area contributed by atoms with Crippen LogP contribution in [0.15, 0.2) is 36.5 Å². The summed E-state index contributed by atoms with van der Waals surface area (Å²) in [6.07, 6.45) is 1.38. The van der Waals surface area contributed by atoms with Crippen molar-refractivity contribution in [2.24, 2.45) is 0 Å². The molecule has 0 saturated carbocycles. The maximum atomic E-state index is 11.0. The van der Waals surface area contributed by atoms with E-state index >= 15 is 0 Å². The van der Waals surface area contributed by atoms with Crippen LogP contribution in [0.5, 0.6) is 0 Å². The third kappa shape index (κ3) is 3.56. The molecule has 1 heterocycles. The third-order valence-corrected chi connectivity index (χ3v) is 3.27. The highest BCUT2D eigenvalue weighted by atomic mass is 16.4. The fourth-order valence-electron chi connectivity index (χ4n) is 2.07. The number of aryl methyl sites for hydroxylation is 1. The van der Waals surface area contributed by atoms with E-state index in [9.17, 15) is 4.79 Å². The molecule has 0 aliphatic heterocycles. The Morgan fingerprint density at radius 1 is 1.29 bits per heavy atom. The number of anilines is 1. The monoisotopic (exact) mass is 285 g/mol. The summed E-state index contributed by atoms with van der Waals surface area (Å²) in [5.74, 6) is -0.449. The number of aromatic carboxylic acids is 1. The van der Waals surface area contributed by atoms with Crippen LogP contribution in [0.3, 0.4) is 0 Å². The second-order valence-electron chi connectivity index (χ2n) is 5.18. The highest BCUT2D eigenvalue weighted by Gasteiger charge is 2.17. The van der Waals surface area contributed by atoms with Crippen LogP contribution in [-0.4, -0.2) is 27.1 Å². The fourth-order valence-corrected chi connectivity index (χ4v) is 2.07. The summed E-state index contributed by atoms with van der Waals surface area (Å²) < 4.78 is 0. The first-order chi connectivity index (χ1) is 9.99. The molecule has 0 unspecified atom stereocenters. The summed E-state index contributed by atoms with van der Waals surface area (Å²) in [7, 11) is 0. The number of carboxylic acids is 1. The van der Waals surface area contributed by atoms with E-state index in [4.69, 9.17) is 5.11 Å². The van der Waals surface area contributed by atoms with E-state index in [-0.39, 0.29) is 11.6 Å². The highest BCUT2D eigenvalue weighted by Crippen LogP contribution is 2.17. The maximum absolute atomic E-state index is 11.0. The molecular formula is C16H19N3O2. The summed E-state index contributed by atoms with van der Waals surface area (Å²) in [4.78, 5) is 21.6. The van der Waals surface area contributed by atoms with E-state index < -0.39 is 5.97 Å². The minimum absolute atomic E-state index is 0.141. The molecule has 1 aromatic heterocycles. The van der Waals surface area contributed by atoms with E-state index in [1.54, 1.807) is 6.92 Å². The van der Waals surface area contributed by atoms with E-state index in [0.717, 1.165) is 5.56 Å². The third-order valence-electron chi connectivity index (χ3n) is 3.27. The molecule has 0 atom stereocenters. The van der Waals surface area contributed by atoms with Crippen molar-refractivity contribution in [3.05, 3.63) is 53.3 Å². The Labute approximate surface area is 124 Å². The van der Waals surface area contributed by atoms with Gasteiger partial charge in [0.05, 0.1) is 11.3 Å². The first-order valence-corrected chi connectivity index (χ1v) is 6.86. The number of aromatic nitrogens is 2. The van der Waals surface area contributed by atoms with E-state index in [1.807, 2.05) is 35.2 Å². The fraction of sp³-hybridized carbons (Fsp3) is 0.312. The van der Waals surface area contributed by atoms with Gasteiger partial charge in [-0.3, -0.25) is 0 Å². The Bertz CT molecular complexity index is 627. The Balaban J connectivity index is 2.31. The molecule has 21 heavy (non-hydrogen) atoms. The Kier molecular flexibility index (Phi) is 4.52. The number of nitrogens with zero attached hydrogens (tertiary/aromatic N) is 3. The van der Waals surface area contributed by atoms with Crippen LogP contribution in [0.1, 0.15) is 35.5 Å². The average Bonchev–Trinajstić information content (AvgIpc) is 2.45. The molecule has 0 radical (unpaired) electrons. The van der Waals surface area contributed by atoms with Gasteiger partial charge in [-0.25, -0.2) is 14.8 Å². The van der Waals surface area contributed by atoms with Crippen molar-refractivity contribution in [3.8, 4) is 0 Å². The van der Waals surface area contributed by atoms with Crippen molar-refractivity contribution in [2.45, 2.75) is 33.4 Å². The van der Waals surface area contributed by atoms with Gasteiger partial charge in [0.15, 0.2) is 0 Å². The molecular weight excluding hydrogens is 266 g/mol. The van der Waals surface area contributed by atoms with Gasteiger partial charge in [-0.15, -0.1) is 0 Å². The van der Waals surface area contributed by atoms with Crippen LogP contribution in [0, 0.1) is 6.92 Å². The summed E-state index contributed by atoms with van der Waals surface area (Å²) in [6.45, 7) is 6.50. The van der Waals surface area contributed by atoms with Gasteiger partial charge in [0.2, 0.25) is 5.95 Å². The average molecular weight is 285 g/mol. The van der Waals surface area contributed by atoms with Crippen molar-refractivity contribution in [3.63, 3.8) is 0 Å². The molecule has 0 aliphatic carbocycles. The highest BCUT2D eigenvalue weighted by molar-refractivity contribution is 5.88. The predicted octanol–water partition coefficient (Wildman–Crippen LogP) is 2.90. The van der Waals surface area contributed by atoms with Crippen molar-refractivity contribution >= 4 is 11.9 Å². The molecule has 0 amide bonds. The predicted molar refractivity (Wildman–Crippen MR) is 81.5 cm³/mol. The van der Waals surface area contributed by atoms with E-state index in [1.165, 1.54) is 6.20 Å². The molecule has 0 fully saturated rings. The number of hydrogen-bond acceptors (Lipinski definition) is 4. The van der Waals surface area contributed by atoms with Gasteiger partial charge in [0, 0.05) is 18.8 Å². The van der Waals surface area contributed by atoms with Gasteiger partial charge in [0.1, 0.15) is 0 Å². The van der Waals surface area contributed by atoms with Crippen molar-refractivity contribution in [2.75, 3.05) is 4.90 Å². The minimum Gasteiger partial charge on any atom is -0.478 e. The standard InChI is InChI=1S/C16H19N3O2/c1-11(2)19(10-13-7-5-4-6-8-13)16-17-9-14(15(20)21)12(3)18-16/h4-9,11H,10H2,1-3H3,(H,20,21). The number of benzene rings is 1. The molecule has 2 rings (SSSR count). The number of carbonyl (C=O) groups is 1. The van der Waals surface area contributed by atoms with E-state index in [0.29, 0.717) is 18.2 Å². The van der Waals surface area contributed by atoms with Gasteiger partial charge in [-0.05, 0) is 26.3 Å².